The first-order valence-electron chi connectivity index (χ1n) is 9.14. The molecule has 0 spiro atoms. The zero-order valence-corrected chi connectivity index (χ0v) is 15.9. The Bertz CT molecular complexity index is 1020. The van der Waals surface area contributed by atoms with Crippen molar-refractivity contribution in [2.75, 3.05) is 6.54 Å². The van der Waals surface area contributed by atoms with E-state index in [9.17, 15) is 15.2 Å². The fraction of sp³-hybridized carbons (Fsp3) is 0.238. The van der Waals surface area contributed by atoms with Crippen molar-refractivity contribution in [2.24, 2.45) is 0 Å². The van der Waals surface area contributed by atoms with Crippen LogP contribution in [0.1, 0.15) is 29.3 Å². The summed E-state index contributed by atoms with van der Waals surface area (Å²) >= 11 is 6.13. The van der Waals surface area contributed by atoms with E-state index in [1.807, 2.05) is 30.5 Å². The largest absolute Gasteiger partial charge is 0.508 e. The number of hydrogen-bond donors (Lipinski definition) is 1. The molecule has 0 saturated carbocycles. The van der Waals surface area contributed by atoms with E-state index >= 15 is 0 Å². The lowest BCUT2D eigenvalue weighted by atomic mass is 9.99. The van der Waals surface area contributed by atoms with Gasteiger partial charge in [0.25, 0.3) is 5.69 Å². The topological polar surface area (TPSA) is 71.5 Å². The number of halogens is 1. The number of aryl methyl sites for hydroxylation is 1. The van der Waals surface area contributed by atoms with Gasteiger partial charge in [0.05, 0.1) is 16.5 Å². The van der Waals surface area contributed by atoms with Gasteiger partial charge in [0.2, 0.25) is 0 Å². The molecule has 6 nitrogen and oxygen atoms in total. The molecule has 0 amide bonds. The maximum absolute atomic E-state index is 11.7. The predicted molar refractivity (Wildman–Crippen MR) is 108 cm³/mol. The molecule has 144 valence electrons. The van der Waals surface area contributed by atoms with Crippen molar-refractivity contribution >= 4 is 17.3 Å². The molecular weight excluding hydrogens is 378 g/mol. The van der Waals surface area contributed by atoms with E-state index in [1.54, 1.807) is 30.3 Å². The summed E-state index contributed by atoms with van der Waals surface area (Å²) in [6.45, 7) is 2.02. The van der Waals surface area contributed by atoms with Crippen molar-refractivity contribution in [2.45, 2.75) is 25.6 Å². The first-order chi connectivity index (χ1) is 13.5. The molecule has 0 bridgehead atoms. The first-order valence-corrected chi connectivity index (χ1v) is 9.52. The van der Waals surface area contributed by atoms with Crippen molar-refractivity contribution < 1.29 is 10.0 Å². The van der Waals surface area contributed by atoms with E-state index in [0.717, 1.165) is 25.2 Å². The molecule has 0 radical (unpaired) electrons. The van der Waals surface area contributed by atoms with Crippen LogP contribution in [0.15, 0.2) is 60.8 Å². The van der Waals surface area contributed by atoms with E-state index in [0.29, 0.717) is 22.7 Å². The van der Waals surface area contributed by atoms with Crippen molar-refractivity contribution in [3.63, 3.8) is 0 Å². The predicted octanol–water partition coefficient (Wildman–Crippen LogP) is 4.75. The van der Waals surface area contributed by atoms with Crippen molar-refractivity contribution in [3.05, 3.63) is 92.8 Å². The number of para-hydroxylation sites is 1. The molecule has 0 aliphatic carbocycles. The number of phenols is 1. The van der Waals surface area contributed by atoms with E-state index in [4.69, 9.17) is 11.6 Å². The summed E-state index contributed by atoms with van der Waals surface area (Å²) < 4.78 is 2.15. The fourth-order valence-electron chi connectivity index (χ4n) is 3.95. The summed E-state index contributed by atoms with van der Waals surface area (Å²) in [7, 11) is 0. The monoisotopic (exact) mass is 397 g/mol. The molecule has 3 aromatic rings. The molecule has 1 aliphatic rings. The molecule has 1 aliphatic heterocycles. The van der Waals surface area contributed by atoms with Crippen LogP contribution in [-0.4, -0.2) is 26.0 Å². The molecule has 4 rings (SSSR count). The molecular formula is C21H20ClN3O3. The smallest absolute Gasteiger partial charge is 0.274 e. The minimum Gasteiger partial charge on any atom is -0.508 e. The Morgan fingerprint density at radius 3 is 2.79 bits per heavy atom. The van der Waals surface area contributed by atoms with Crippen LogP contribution in [0.25, 0.3) is 0 Å². The lowest BCUT2D eigenvalue weighted by molar-refractivity contribution is -0.385. The molecule has 2 heterocycles. The minimum absolute atomic E-state index is 0.0995. The summed E-state index contributed by atoms with van der Waals surface area (Å²) in [5.41, 5.74) is 2.46. The van der Waals surface area contributed by atoms with Gasteiger partial charge in [-0.3, -0.25) is 15.0 Å². The van der Waals surface area contributed by atoms with E-state index < -0.39 is 0 Å². The Balaban J connectivity index is 1.83. The lowest BCUT2D eigenvalue weighted by Crippen LogP contribution is -2.30. The maximum atomic E-state index is 11.7. The van der Waals surface area contributed by atoms with Crippen LogP contribution in [0.3, 0.4) is 0 Å². The second-order valence-electron chi connectivity index (χ2n) is 6.94. The Morgan fingerprint density at radius 2 is 1.96 bits per heavy atom. The van der Waals surface area contributed by atoms with Crippen LogP contribution < -0.4 is 0 Å². The zero-order valence-electron chi connectivity index (χ0n) is 15.2. The highest BCUT2D eigenvalue weighted by Gasteiger charge is 2.32. The molecule has 1 atom stereocenters. The van der Waals surface area contributed by atoms with Gasteiger partial charge in [-0.2, -0.15) is 0 Å². The maximum Gasteiger partial charge on any atom is 0.274 e. The number of phenolic OH excluding ortho intramolecular Hbond substituents is 1. The second-order valence-corrected chi connectivity index (χ2v) is 7.38. The van der Waals surface area contributed by atoms with Crippen LogP contribution in [0, 0.1) is 10.1 Å². The Kier molecular flexibility index (Phi) is 5.07. The first kappa shape index (κ1) is 18.5. The average Bonchev–Trinajstić information content (AvgIpc) is 3.06. The molecule has 1 aromatic heterocycles. The number of nitro benzene ring substituents is 1. The molecule has 1 N–H and O–H groups in total. The third-order valence-electron chi connectivity index (χ3n) is 5.20. The molecule has 0 saturated heterocycles. The average molecular weight is 398 g/mol. The van der Waals surface area contributed by atoms with Gasteiger partial charge in [0.1, 0.15) is 5.75 Å². The van der Waals surface area contributed by atoms with Crippen molar-refractivity contribution in [1.82, 2.24) is 9.47 Å². The van der Waals surface area contributed by atoms with Crippen LogP contribution >= 0.6 is 11.6 Å². The van der Waals surface area contributed by atoms with E-state index in [1.165, 1.54) is 0 Å². The zero-order chi connectivity index (χ0) is 19.7. The highest BCUT2D eigenvalue weighted by molar-refractivity contribution is 6.30. The summed E-state index contributed by atoms with van der Waals surface area (Å²) in [5.74, 6) is 0.172. The van der Waals surface area contributed by atoms with Crippen LogP contribution in [0.5, 0.6) is 5.75 Å². The number of hydrogen-bond acceptors (Lipinski definition) is 4. The number of rotatable bonds is 4. The van der Waals surface area contributed by atoms with Gasteiger partial charge in [-0.15, -0.1) is 0 Å². The molecule has 0 fully saturated rings. The number of nitro groups is 1. The van der Waals surface area contributed by atoms with Crippen LogP contribution in [0.4, 0.5) is 5.69 Å². The van der Waals surface area contributed by atoms with Gasteiger partial charge in [-0.05, 0) is 36.8 Å². The highest BCUT2D eigenvalue weighted by Crippen LogP contribution is 2.38. The summed E-state index contributed by atoms with van der Waals surface area (Å²) in [5, 5.41) is 22.5. The van der Waals surface area contributed by atoms with Gasteiger partial charge in [0, 0.05) is 48.2 Å². The van der Waals surface area contributed by atoms with Gasteiger partial charge in [0.15, 0.2) is 0 Å². The summed E-state index contributed by atoms with van der Waals surface area (Å²) in [4.78, 5) is 13.5. The third kappa shape index (κ3) is 3.48. The Hall–Kier alpha value is -2.83. The standard InChI is InChI=1S/C21H20ClN3O3/c22-16-8-9-20(26)15(13-16)14-24-12-4-11-23-10-3-7-19(23)21(24)17-5-1-2-6-18(17)25(27)28/h1-3,5-10,13,21,26H,4,11-12,14H2. The Labute approximate surface area is 167 Å². The van der Waals surface area contributed by atoms with E-state index in [-0.39, 0.29) is 22.4 Å². The molecule has 1 unspecified atom stereocenters. The number of fused-ring (bicyclic) bond motifs is 1. The number of aromatic hydroxyl groups is 1. The van der Waals surface area contributed by atoms with Crippen LogP contribution in [-0.2, 0) is 13.1 Å². The number of aromatic nitrogens is 1. The van der Waals surface area contributed by atoms with Crippen LogP contribution in [0.2, 0.25) is 5.02 Å². The number of nitrogens with zero attached hydrogens (tertiary/aromatic N) is 3. The van der Waals surface area contributed by atoms with E-state index in [2.05, 4.69) is 9.47 Å². The van der Waals surface area contributed by atoms with Crippen molar-refractivity contribution in [1.29, 1.82) is 0 Å². The molecule has 7 heteroatoms. The van der Waals surface area contributed by atoms with Crippen molar-refractivity contribution in [3.8, 4) is 5.75 Å². The summed E-state index contributed by atoms with van der Waals surface area (Å²) in [6, 6.07) is 15.5. The normalized spacial score (nSPS) is 17.1. The quantitative estimate of drug-likeness (QED) is 0.509. The minimum atomic E-state index is -0.331. The third-order valence-corrected chi connectivity index (χ3v) is 5.43. The lowest BCUT2D eigenvalue weighted by Gasteiger charge is -2.30. The van der Waals surface area contributed by atoms with Gasteiger partial charge >= 0.3 is 0 Å². The van der Waals surface area contributed by atoms with Gasteiger partial charge in [-0.25, -0.2) is 0 Å². The summed E-state index contributed by atoms with van der Waals surface area (Å²) in [6.07, 6.45) is 2.91. The Morgan fingerprint density at radius 1 is 1.14 bits per heavy atom. The van der Waals surface area contributed by atoms with Gasteiger partial charge in [-0.1, -0.05) is 29.8 Å². The highest BCUT2D eigenvalue weighted by atomic mass is 35.5. The second kappa shape index (κ2) is 7.66. The SMILES string of the molecule is O=[N+]([O-])c1ccccc1C1c2cccn2CCCN1Cc1cc(Cl)ccc1O. The molecule has 28 heavy (non-hydrogen) atoms. The molecule has 2 aromatic carbocycles. The number of benzene rings is 2. The van der Waals surface area contributed by atoms with Gasteiger partial charge < -0.3 is 9.67 Å². The fourth-order valence-corrected chi connectivity index (χ4v) is 4.15.